The lowest BCUT2D eigenvalue weighted by Gasteiger charge is -2.14. The number of allylic oxidation sites excluding steroid dienone is 5. The summed E-state index contributed by atoms with van der Waals surface area (Å²) in [7, 11) is 0. The fourth-order valence-electron chi connectivity index (χ4n) is 2.57. The Hall–Kier alpha value is -1.50. The Morgan fingerprint density at radius 1 is 1.29 bits per heavy atom. The van der Waals surface area contributed by atoms with Crippen LogP contribution in [0.5, 0.6) is 0 Å². The van der Waals surface area contributed by atoms with Gasteiger partial charge in [-0.05, 0) is 55.4 Å². The highest BCUT2D eigenvalue weighted by atomic mass is 14.8. The first kappa shape index (κ1) is 17.6. The molecule has 1 nitrogen and oxygen atoms in total. The van der Waals surface area contributed by atoms with Crippen LogP contribution < -0.4 is 5.32 Å². The van der Waals surface area contributed by atoms with Gasteiger partial charge in [0.25, 0.3) is 0 Å². The number of hydrogen-bond acceptors (Lipinski definition) is 1. The SMILES string of the molecule is C=CNCC(=C)CCC(=C)C1=C/C(C)CCCCC/C=C\1. The highest BCUT2D eigenvalue weighted by molar-refractivity contribution is 5.38. The Bertz CT molecular complexity index is 412. The molecule has 0 amide bonds. The van der Waals surface area contributed by atoms with Crippen molar-refractivity contribution < 1.29 is 0 Å². The van der Waals surface area contributed by atoms with Crippen molar-refractivity contribution in [3.63, 3.8) is 0 Å². The van der Waals surface area contributed by atoms with E-state index in [9.17, 15) is 0 Å². The molecule has 0 bridgehead atoms. The van der Waals surface area contributed by atoms with Crippen molar-refractivity contribution in [3.05, 3.63) is 60.9 Å². The first-order chi connectivity index (χ1) is 10.1. The van der Waals surface area contributed by atoms with E-state index in [0.717, 1.165) is 19.4 Å². The third-order valence-corrected chi connectivity index (χ3v) is 3.98. The summed E-state index contributed by atoms with van der Waals surface area (Å²) in [5, 5.41) is 3.10. The van der Waals surface area contributed by atoms with Gasteiger partial charge in [-0.2, -0.15) is 0 Å². The van der Waals surface area contributed by atoms with Gasteiger partial charge >= 0.3 is 0 Å². The van der Waals surface area contributed by atoms with Crippen LogP contribution in [0.25, 0.3) is 0 Å². The van der Waals surface area contributed by atoms with Gasteiger partial charge in [0.15, 0.2) is 0 Å². The van der Waals surface area contributed by atoms with Gasteiger partial charge < -0.3 is 5.32 Å². The van der Waals surface area contributed by atoms with Crippen LogP contribution in [-0.4, -0.2) is 6.54 Å². The topological polar surface area (TPSA) is 12.0 Å². The molecule has 1 N–H and O–H groups in total. The number of rotatable bonds is 7. The van der Waals surface area contributed by atoms with Gasteiger partial charge in [-0.1, -0.05) is 63.3 Å². The Labute approximate surface area is 131 Å². The second kappa shape index (κ2) is 10.3. The fraction of sp³-hybridized carbons (Fsp3) is 0.500. The lowest BCUT2D eigenvalue weighted by atomic mass is 9.93. The van der Waals surface area contributed by atoms with E-state index in [1.54, 1.807) is 6.20 Å². The molecule has 0 heterocycles. The Morgan fingerprint density at radius 3 is 2.86 bits per heavy atom. The van der Waals surface area contributed by atoms with Crippen molar-refractivity contribution in [1.82, 2.24) is 5.32 Å². The van der Waals surface area contributed by atoms with E-state index in [4.69, 9.17) is 0 Å². The molecular formula is C20H31N. The maximum atomic E-state index is 4.29. The molecule has 1 aliphatic carbocycles. The Morgan fingerprint density at radius 2 is 2.10 bits per heavy atom. The number of nitrogens with one attached hydrogen (secondary N) is 1. The molecule has 0 spiro atoms. The summed E-state index contributed by atoms with van der Waals surface area (Å²) in [5.41, 5.74) is 3.76. The van der Waals surface area contributed by atoms with Crippen LogP contribution in [0.15, 0.2) is 60.9 Å². The van der Waals surface area contributed by atoms with Crippen molar-refractivity contribution in [2.24, 2.45) is 5.92 Å². The van der Waals surface area contributed by atoms with Gasteiger partial charge in [0.05, 0.1) is 0 Å². The highest BCUT2D eigenvalue weighted by Gasteiger charge is 2.06. The van der Waals surface area contributed by atoms with Crippen LogP contribution in [0.1, 0.15) is 51.9 Å². The maximum Gasteiger partial charge on any atom is 0.0352 e. The molecular weight excluding hydrogens is 254 g/mol. The van der Waals surface area contributed by atoms with Crippen LogP contribution in [0.2, 0.25) is 0 Å². The van der Waals surface area contributed by atoms with Crippen molar-refractivity contribution >= 4 is 0 Å². The second-order valence-electron chi connectivity index (χ2n) is 6.08. The summed E-state index contributed by atoms with van der Waals surface area (Å²) in [6.07, 6.45) is 17.2. The van der Waals surface area contributed by atoms with Gasteiger partial charge in [0, 0.05) is 6.54 Å². The van der Waals surface area contributed by atoms with Crippen molar-refractivity contribution in [3.8, 4) is 0 Å². The minimum atomic E-state index is 0.644. The molecule has 21 heavy (non-hydrogen) atoms. The molecule has 0 aliphatic heterocycles. The van der Waals surface area contributed by atoms with Gasteiger partial charge in [0.2, 0.25) is 0 Å². The normalized spacial score (nSPS) is 23.5. The summed E-state index contributed by atoms with van der Waals surface area (Å²) in [6, 6.07) is 0. The Balaban J connectivity index is 2.57. The van der Waals surface area contributed by atoms with Gasteiger partial charge in [-0.15, -0.1) is 0 Å². The van der Waals surface area contributed by atoms with Crippen LogP contribution in [0.4, 0.5) is 0 Å². The number of hydrogen-bond donors (Lipinski definition) is 1. The molecule has 0 fully saturated rings. The van der Waals surface area contributed by atoms with E-state index in [0.29, 0.717) is 5.92 Å². The quantitative estimate of drug-likeness (QED) is 0.592. The molecule has 0 aromatic carbocycles. The first-order valence-electron chi connectivity index (χ1n) is 8.21. The van der Waals surface area contributed by atoms with E-state index in [1.165, 1.54) is 48.8 Å². The zero-order valence-electron chi connectivity index (χ0n) is 13.7. The maximum absolute atomic E-state index is 4.29. The molecule has 0 radical (unpaired) electrons. The van der Waals surface area contributed by atoms with Crippen molar-refractivity contribution in [2.75, 3.05) is 6.54 Å². The van der Waals surface area contributed by atoms with E-state index in [1.807, 2.05) is 0 Å². The monoisotopic (exact) mass is 285 g/mol. The van der Waals surface area contributed by atoms with Crippen molar-refractivity contribution in [1.29, 1.82) is 0 Å². The molecule has 116 valence electrons. The predicted molar refractivity (Wildman–Crippen MR) is 95.2 cm³/mol. The smallest absolute Gasteiger partial charge is 0.0352 e. The van der Waals surface area contributed by atoms with Gasteiger partial charge in [-0.25, -0.2) is 0 Å². The van der Waals surface area contributed by atoms with Gasteiger partial charge in [0.1, 0.15) is 0 Å². The molecule has 1 rings (SSSR count). The predicted octanol–water partition coefficient (Wildman–Crippen LogP) is 5.69. The van der Waals surface area contributed by atoms with Crippen LogP contribution in [0.3, 0.4) is 0 Å². The van der Waals surface area contributed by atoms with E-state index in [-0.39, 0.29) is 0 Å². The third kappa shape index (κ3) is 7.75. The molecule has 0 saturated carbocycles. The molecule has 0 saturated heterocycles. The molecule has 0 aromatic rings. The summed E-state index contributed by atoms with van der Waals surface area (Å²) in [5.74, 6) is 0.644. The van der Waals surface area contributed by atoms with Gasteiger partial charge in [-0.3, -0.25) is 0 Å². The largest absolute Gasteiger partial charge is 0.388 e. The second-order valence-corrected chi connectivity index (χ2v) is 6.08. The average Bonchev–Trinajstić information content (AvgIpc) is 2.48. The Kier molecular flexibility index (Phi) is 8.57. The molecule has 1 heteroatoms. The van der Waals surface area contributed by atoms with Crippen LogP contribution in [-0.2, 0) is 0 Å². The lowest BCUT2D eigenvalue weighted by Crippen LogP contribution is -2.08. The zero-order valence-corrected chi connectivity index (χ0v) is 13.7. The van der Waals surface area contributed by atoms with E-state index >= 15 is 0 Å². The summed E-state index contributed by atoms with van der Waals surface area (Å²) in [6.45, 7) is 15.2. The zero-order chi connectivity index (χ0) is 15.5. The molecule has 0 aromatic heterocycles. The summed E-state index contributed by atoms with van der Waals surface area (Å²) < 4.78 is 0. The summed E-state index contributed by atoms with van der Waals surface area (Å²) >= 11 is 0. The minimum absolute atomic E-state index is 0.644. The van der Waals surface area contributed by atoms with E-state index < -0.39 is 0 Å². The molecule has 1 atom stereocenters. The molecule has 1 unspecified atom stereocenters. The van der Waals surface area contributed by atoms with Crippen LogP contribution >= 0.6 is 0 Å². The molecule has 1 aliphatic rings. The first-order valence-corrected chi connectivity index (χ1v) is 8.21. The third-order valence-electron chi connectivity index (χ3n) is 3.98. The lowest BCUT2D eigenvalue weighted by molar-refractivity contribution is 0.564. The minimum Gasteiger partial charge on any atom is -0.388 e. The van der Waals surface area contributed by atoms with E-state index in [2.05, 4.69) is 50.2 Å². The highest BCUT2D eigenvalue weighted by Crippen LogP contribution is 2.23. The average molecular weight is 285 g/mol. The fourth-order valence-corrected chi connectivity index (χ4v) is 2.57. The summed E-state index contributed by atoms with van der Waals surface area (Å²) in [4.78, 5) is 0. The standard InChI is InChI=1S/C20H31N/c1-5-21-16-18(3)13-14-19(4)20-12-10-8-6-7-9-11-17(2)15-20/h5,10,12,15,17,21H,1,3-4,6-9,11,13-14,16H2,2H3/b12-10-,20-15+. The van der Waals surface area contributed by atoms with Crippen molar-refractivity contribution in [2.45, 2.75) is 51.9 Å². The van der Waals surface area contributed by atoms with Crippen LogP contribution in [0, 0.1) is 5.92 Å².